The second kappa shape index (κ2) is 10.5. The van der Waals surface area contributed by atoms with Gasteiger partial charge in [-0.05, 0) is 50.7 Å². The fourth-order valence-corrected chi connectivity index (χ4v) is 7.89. The number of hydrogen-bond acceptors (Lipinski definition) is 8. The van der Waals surface area contributed by atoms with E-state index in [1.807, 2.05) is 0 Å². The van der Waals surface area contributed by atoms with E-state index in [4.69, 9.17) is 25.9 Å². The van der Waals surface area contributed by atoms with Gasteiger partial charge in [0.2, 0.25) is 5.88 Å². The van der Waals surface area contributed by atoms with Gasteiger partial charge in [-0.15, -0.1) is 6.42 Å². The molecule has 1 unspecified atom stereocenters. The normalized spacial score (nSPS) is 26.2. The van der Waals surface area contributed by atoms with Gasteiger partial charge in [-0.25, -0.2) is 18.2 Å². The first-order valence-electron chi connectivity index (χ1n) is 15.5. The van der Waals surface area contributed by atoms with Crippen molar-refractivity contribution in [1.82, 2.24) is 25.2 Å². The zero-order valence-corrected chi connectivity index (χ0v) is 25.0. The van der Waals surface area contributed by atoms with Crippen LogP contribution in [0, 0.1) is 24.0 Å². The van der Waals surface area contributed by atoms with Gasteiger partial charge >= 0.3 is 6.01 Å². The van der Waals surface area contributed by atoms with Crippen LogP contribution >= 0.6 is 0 Å². The Morgan fingerprint density at radius 2 is 2.02 bits per heavy atom. The summed E-state index contributed by atoms with van der Waals surface area (Å²) >= 11 is 0. The molecular formula is C34H33F3N6O2. The topological polar surface area (TPSA) is 75.6 Å². The molecule has 3 saturated heterocycles. The number of ether oxygens (including phenoxy) is 2. The highest BCUT2D eigenvalue weighted by atomic mass is 19.1. The summed E-state index contributed by atoms with van der Waals surface area (Å²) in [7, 11) is 0. The Bertz CT molecular complexity index is 1890. The third-order valence-electron chi connectivity index (χ3n) is 10.1. The molecule has 0 radical (unpaired) electrons. The molecule has 0 bridgehead atoms. The second-order valence-electron chi connectivity index (χ2n) is 12.9. The molecule has 11 heteroatoms. The summed E-state index contributed by atoms with van der Waals surface area (Å²) in [5.74, 6) is 1.81. The Kier molecular flexibility index (Phi) is 6.59. The van der Waals surface area contributed by atoms with Crippen LogP contribution in [0.1, 0.15) is 38.2 Å². The summed E-state index contributed by atoms with van der Waals surface area (Å²) in [5.41, 5.74) is -0.458. The van der Waals surface area contributed by atoms with Crippen LogP contribution in [-0.4, -0.2) is 83.0 Å². The minimum Gasteiger partial charge on any atom is -0.475 e. The summed E-state index contributed by atoms with van der Waals surface area (Å²) in [5, 5.41) is 4.81. The maximum atomic E-state index is 17.0. The summed E-state index contributed by atoms with van der Waals surface area (Å²) in [6.07, 6.45) is 7.85. The molecule has 0 spiro atoms. The van der Waals surface area contributed by atoms with Gasteiger partial charge in [-0.2, -0.15) is 9.97 Å². The van der Waals surface area contributed by atoms with Gasteiger partial charge in [0, 0.05) is 30.5 Å². The van der Waals surface area contributed by atoms with Gasteiger partial charge in [0.25, 0.3) is 0 Å². The number of nitrogens with one attached hydrogen (secondary N) is 1. The molecule has 3 fully saturated rings. The molecule has 0 saturated carbocycles. The molecule has 45 heavy (non-hydrogen) atoms. The SMILES string of the molecule is C#Cc1c(F)ccc2cccc(-c3nc4c5c(nc(OC[C@@]67CCCN6C[C@H](F)C7)nc5c3F)N(C3(C)CCNC3)CCO4)c12. The highest BCUT2D eigenvalue weighted by Gasteiger charge is 2.49. The number of pyridine rings is 1. The third-order valence-corrected chi connectivity index (χ3v) is 10.1. The number of anilines is 1. The lowest BCUT2D eigenvalue weighted by molar-refractivity contribution is 0.107. The van der Waals surface area contributed by atoms with Gasteiger partial charge in [-0.1, -0.05) is 30.2 Å². The Hall–Kier alpha value is -4.14. The van der Waals surface area contributed by atoms with Crippen LogP contribution in [0.3, 0.4) is 0 Å². The number of nitrogens with zero attached hydrogens (tertiary/aromatic N) is 5. The van der Waals surface area contributed by atoms with E-state index in [-0.39, 0.29) is 47.4 Å². The highest BCUT2D eigenvalue weighted by Crippen LogP contribution is 2.44. The largest absolute Gasteiger partial charge is 0.475 e. The van der Waals surface area contributed by atoms with E-state index in [1.54, 1.807) is 24.3 Å². The lowest BCUT2D eigenvalue weighted by Gasteiger charge is -2.38. The first-order chi connectivity index (χ1) is 21.8. The molecule has 1 N–H and O–H groups in total. The molecule has 232 valence electrons. The quantitative estimate of drug-likeness (QED) is 0.315. The molecule has 4 aliphatic rings. The molecular weight excluding hydrogens is 581 g/mol. The smallest absolute Gasteiger partial charge is 0.319 e. The Morgan fingerprint density at radius 1 is 1.13 bits per heavy atom. The molecule has 3 atom stereocenters. The van der Waals surface area contributed by atoms with Crippen LogP contribution in [0.25, 0.3) is 32.9 Å². The van der Waals surface area contributed by atoms with Crippen molar-refractivity contribution in [1.29, 1.82) is 0 Å². The molecule has 6 heterocycles. The van der Waals surface area contributed by atoms with Crippen molar-refractivity contribution < 1.29 is 22.6 Å². The van der Waals surface area contributed by atoms with Crippen molar-refractivity contribution in [2.45, 2.75) is 49.9 Å². The molecule has 8 rings (SSSR count). The van der Waals surface area contributed by atoms with Crippen LogP contribution in [0.4, 0.5) is 19.0 Å². The number of benzene rings is 2. The van der Waals surface area contributed by atoms with E-state index < -0.39 is 23.3 Å². The van der Waals surface area contributed by atoms with Gasteiger partial charge in [0.15, 0.2) is 5.82 Å². The molecule has 4 aliphatic heterocycles. The number of terminal acetylenes is 1. The molecule has 4 aromatic rings. The standard InChI is InChI=1S/C34H33F3N6O2/c1-3-22-24(36)9-8-20-6-4-7-23(25(20)22)28-27(37)29-26-30(43(14-15-44-31(26)39-28)33(2)11-12-38-18-33)41-32(40-29)45-19-34-10-5-13-42(34)17-21(35)16-34/h1,4,6-9,21,38H,5,10-19H2,2H3/t21-,33?,34+/m1/s1. The van der Waals surface area contributed by atoms with Crippen molar-refractivity contribution in [2.24, 2.45) is 0 Å². The van der Waals surface area contributed by atoms with Crippen molar-refractivity contribution in [3.63, 3.8) is 0 Å². The van der Waals surface area contributed by atoms with Gasteiger partial charge in [-0.3, -0.25) is 4.90 Å². The number of alkyl halides is 1. The fraction of sp³-hybridized carbons (Fsp3) is 0.441. The van der Waals surface area contributed by atoms with Gasteiger partial charge in [0.1, 0.15) is 47.6 Å². The maximum absolute atomic E-state index is 17.0. The van der Waals surface area contributed by atoms with Gasteiger partial charge < -0.3 is 19.7 Å². The van der Waals surface area contributed by atoms with E-state index in [2.05, 4.69) is 32.9 Å². The number of hydrogen-bond donors (Lipinski definition) is 1. The zero-order chi connectivity index (χ0) is 30.9. The van der Waals surface area contributed by atoms with Crippen molar-refractivity contribution >= 4 is 27.5 Å². The van der Waals surface area contributed by atoms with Gasteiger partial charge in [0.05, 0.1) is 23.2 Å². The minimum atomic E-state index is -0.911. The van der Waals surface area contributed by atoms with Crippen LogP contribution in [0.5, 0.6) is 11.9 Å². The summed E-state index contributed by atoms with van der Waals surface area (Å²) < 4.78 is 58.8. The van der Waals surface area contributed by atoms with E-state index >= 15 is 4.39 Å². The first kappa shape index (κ1) is 28.3. The average molecular weight is 615 g/mol. The monoisotopic (exact) mass is 614 g/mol. The first-order valence-corrected chi connectivity index (χ1v) is 15.5. The molecule has 0 amide bonds. The Morgan fingerprint density at radius 3 is 2.84 bits per heavy atom. The van der Waals surface area contributed by atoms with Crippen LogP contribution in [0.15, 0.2) is 30.3 Å². The van der Waals surface area contributed by atoms with Crippen LogP contribution in [0.2, 0.25) is 0 Å². The maximum Gasteiger partial charge on any atom is 0.319 e. The molecule has 2 aromatic carbocycles. The van der Waals surface area contributed by atoms with E-state index in [9.17, 15) is 8.78 Å². The van der Waals surface area contributed by atoms with Crippen LogP contribution in [-0.2, 0) is 0 Å². The Balaban J connectivity index is 1.33. The van der Waals surface area contributed by atoms with E-state index in [0.29, 0.717) is 53.6 Å². The predicted octanol–water partition coefficient (Wildman–Crippen LogP) is 5.01. The number of rotatable bonds is 5. The lowest BCUT2D eigenvalue weighted by Crippen LogP contribution is -2.50. The van der Waals surface area contributed by atoms with E-state index in [1.165, 1.54) is 6.07 Å². The molecule has 0 aliphatic carbocycles. The lowest BCUT2D eigenvalue weighted by atomic mass is 9.95. The second-order valence-corrected chi connectivity index (χ2v) is 12.9. The summed E-state index contributed by atoms with van der Waals surface area (Å²) in [6.45, 7) is 5.88. The zero-order valence-electron chi connectivity index (χ0n) is 25.0. The van der Waals surface area contributed by atoms with Crippen molar-refractivity contribution in [2.75, 3.05) is 50.8 Å². The summed E-state index contributed by atoms with van der Waals surface area (Å²) in [6, 6.07) is 8.14. The average Bonchev–Trinajstić information content (AvgIpc) is 3.69. The summed E-state index contributed by atoms with van der Waals surface area (Å²) in [4.78, 5) is 18.5. The minimum absolute atomic E-state index is 0.0114. The fourth-order valence-electron chi connectivity index (χ4n) is 7.89. The number of aromatic nitrogens is 3. The van der Waals surface area contributed by atoms with E-state index in [0.717, 1.165) is 32.4 Å². The molecule has 2 aromatic heterocycles. The third kappa shape index (κ3) is 4.41. The Labute approximate surface area is 258 Å². The molecule has 8 nitrogen and oxygen atoms in total. The number of halogens is 3. The highest BCUT2D eigenvalue weighted by molar-refractivity contribution is 6.03. The number of fused-ring (bicyclic) bond motifs is 2. The van der Waals surface area contributed by atoms with Crippen LogP contribution < -0.4 is 19.7 Å². The van der Waals surface area contributed by atoms with Crippen molar-refractivity contribution in [3.8, 4) is 35.5 Å². The predicted molar refractivity (Wildman–Crippen MR) is 165 cm³/mol. The van der Waals surface area contributed by atoms with Crippen molar-refractivity contribution in [3.05, 3.63) is 47.5 Å².